The summed E-state index contributed by atoms with van der Waals surface area (Å²) in [7, 11) is 0. The molecule has 2 atom stereocenters. The van der Waals surface area contributed by atoms with E-state index in [2.05, 4.69) is 16.7 Å². The Hall–Kier alpha value is -3.35. The van der Waals surface area contributed by atoms with Crippen LogP contribution in [0.15, 0.2) is 48.5 Å². The van der Waals surface area contributed by atoms with Crippen LogP contribution < -0.4 is 10.6 Å². The second-order valence-electron chi connectivity index (χ2n) is 13.4. The van der Waals surface area contributed by atoms with Crippen LogP contribution in [0.4, 0.5) is 4.79 Å². The van der Waals surface area contributed by atoms with Gasteiger partial charge in [0.05, 0.1) is 0 Å². The number of aryl methyl sites for hydroxylation is 2. The fourth-order valence-corrected chi connectivity index (χ4v) is 5.67. The lowest BCUT2D eigenvalue weighted by atomic mass is 9.88. The van der Waals surface area contributed by atoms with Gasteiger partial charge in [-0.25, -0.2) is 4.79 Å². The first-order valence-electron chi connectivity index (χ1n) is 15.5. The lowest BCUT2D eigenvalue weighted by molar-refractivity contribution is -0.149. The van der Waals surface area contributed by atoms with Crippen LogP contribution in [0.1, 0.15) is 108 Å². The molecule has 0 spiro atoms. The maximum Gasteiger partial charge on any atom is 0.408 e. The summed E-state index contributed by atoms with van der Waals surface area (Å²) in [4.78, 5) is 43.9. The number of alkyl carbamates (subject to hydrolysis) is 1. The molecule has 7 nitrogen and oxygen atoms in total. The van der Waals surface area contributed by atoms with E-state index in [9.17, 15) is 14.4 Å². The Morgan fingerprint density at radius 2 is 1.60 bits per heavy atom. The van der Waals surface area contributed by atoms with E-state index in [1.807, 2.05) is 77.1 Å². The molecule has 2 aromatic rings. The van der Waals surface area contributed by atoms with E-state index in [-0.39, 0.29) is 24.3 Å². The van der Waals surface area contributed by atoms with Crippen molar-refractivity contribution in [3.05, 3.63) is 70.8 Å². The number of carbonyl (C=O) groups is 3. The van der Waals surface area contributed by atoms with Crippen molar-refractivity contribution in [1.82, 2.24) is 15.5 Å². The highest BCUT2D eigenvalue weighted by Gasteiger charge is 2.44. The summed E-state index contributed by atoms with van der Waals surface area (Å²) in [6.45, 7) is 15.4. The van der Waals surface area contributed by atoms with Gasteiger partial charge in [-0.2, -0.15) is 0 Å². The van der Waals surface area contributed by atoms with Gasteiger partial charge in [0.15, 0.2) is 0 Å². The Kier molecular flexibility index (Phi) is 11.2. The first kappa shape index (κ1) is 33.2. The number of benzene rings is 2. The maximum absolute atomic E-state index is 14.8. The molecule has 1 aliphatic carbocycles. The predicted molar refractivity (Wildman–Crippen MR) is 168 cm³/mol. The summed E-state index contributed by atoms with van der Waals surface area (Å²) < 4.78 is 5.57. The van der Waals surface area contributed by atoms with Gasteiger partial charge in [-0.15, -0.1) is 0 Å². The smallest absolute Gasteiger partial charge is 0.408 e. The van der Waals surface area contributed by atoms with E-state index in [0.717, 1.165) is 47.9 Å². The number of hydrogen-bond acceptors (Lipinski definition) is 4. The van der Waals surface area contributed by atoms with Crippen LogP contribution >= 0.6 is 0 Å². The predicted octanol–water partition coefficient (Wildman–Crippen LogP) is 6.95. The number of rotatable bonds is 10. The van der Waals surface area contributed by atoms with Crippen LogP contribution in [0.5, 0.6) is 0 Å². The first-order valence-corrected chi connectivity index (χ1v) is 15.5. The highest BCUT2D eigenvalue weighted by Crippen LogP contribution is 2.35. The molecule has 0 heterocycles. The van der Waals surface area contributed by atoms with Crippen LogP contribution in [0.2, 0.25) is 0 Å². The standard InChI is InChI=1S/C35H51N3O4/c1-9-35(7,8)38(32(40)29(23-26-16-12-10-13-17-26)37-33(41)42-34(4,5)6)30(28-21-20-24(2)22-25(28)3)31(39)36-27-18-14-11-15-19-27/h10,12-13,16-17,20-22,27,29-30H,9,11,14-15,18-19,23H2,1-8H3,(H,36,39)(H,37,41). The molecule has 0 bridgehead atoms. The Morgan fingerprint density at radius 1 is 0.952 bits per heavy atom. The van der Waals surface area contributed by atoms with Gasteiger partial charge in [0, 0.05) is 18.0 Å². The largest absolute Gasteiger partial charge is 0.444 e. The van der Waals surface area contributed by atoms with Crippen LogP contribution in [-0.4, -0.2) is 46.0 Å². The molecule has 7 heteroatoms. The number of carbonyl (C=O) groups excluding carboxylic acids is 3. The highest BCUT2D eigenvalue weighted by atomic mass is 16.6. The minimum Gasteiger partial charge on any atom is -0.444 e. The Morgan fingerprint density at radius 3 is 2.17 bits per heavy atom. The Bertz CT molecular complexity index is 1210. The van der Waals surface area contributed by atoms with Crippen molar-refractivity contribution in [2.75, 3.05) is 0 Å². The van der Waals surface area contributed by atoms with Gasteiger partial charge in [-0.05, 0) is 84.4 Å². The molecule has 1 saturated carbocycles. The topological polar surface area (TPSA) is 87.7 Å². The minimum atomic E-state index is -0.941. The zero-order chi connectivity index (χ0) is 31.1. The number of hydrogen-bond donors (Lipinski definition) is 2. The number of nitrogens with one attached hydrogen (secondary N) is 2. The molecule has 0 radical (unpaired) electrons. The zero-order valence-electron chi connectivity index (χ0n) is 26.9. The van der Waals surface area contributed by atoms with Crippen molar-refractivity contribution in [3.8, 4) is 0 Å². The van der Waals surface area contributed by atoms with Crippen LogP contribution in [0, 0.1) is 13.8 Å². The van der Waals surface area contributed by atoms with Gasteiger partial charge in [-0.1, -0.05) is 80.3 Å². The molecule has 0 aromatic heterocycles. The van der Waals surface area contributed by atoms with E-state index >= 15 is 0 Å². The van der Waals surface area contributed by atoms with E-state index in [4.69, 9.17) is 4.74 Å². The van der Waals surface area contributed by atoms with E-state index < -0.39 is 29.3 Å². The average Bonchev–Trinajstić information content (AvgIpc) is 2.91. The summed E-state index contributed by atoms with van der Waals surface area (Å²) in [5.74, 6) is -0.500. The van der Waals surface area contributed by atoms with Crippen LogP contribution in [0.25, 0.3) is 0 Å². The van der Waals surface area contributed by atoms with Crippen molar-refractivity contribution in [2.24, 2.45) is 0 Å². The summed E-state index contributed by atoms with van der Waals surface area (Å²) in [5, 5.41) is 6.17. The molecule has 2 unspecified atom stereocenters. The Balaban J connectivity index is 2.12. The van der Waals surface area contributed by atoms with Gasteiger partial charge in [0.2, 0.25) is 11.8 Å². The summed E-state index contributed by atoms with van der Waals surface area (Å²) in [6.07, 6.45) is 5.43. The molecule has 42 heavy (non-hydrogen) atoms. The first-order chi connectivity index (χ1) is 19.7. The Labute approximate surface area is 252 Å². The van der Waals surface area contributed by atoms with E-state index in [1.54, 1.807) is 25.7 Å². The molecule has 230 valence electrons. The van der Waals surface area contributed by atoms with Crippen molar-refractivity contribution in [2.45, 2.75) is 130 Å². The molecule has 3 amide bonds. The van der Waals surface area contributed by atoms with Crippen molar-refractivity contribution in [3.63, 3.8) is 0 Å². The molecule has 1 aliphatic rings. The summed E-state index contributed by atoms with van der Waals surface area (Å²) in [5.41, 5.74) is 2.30. The third kappa shape index (κ3) is 9.07. The molecule has 1 fully saturated rings. The van der Waals surface area contributed by atoms with Crippen molar-refractivity contribution >= 4 is 17.9 Å². The lowest BCUT2D eigenvalue weighted by Crippen LogP contribution is -2.60. The van der Waals surface area contributed by atoms with Gasteiger partial charge in [0.1, 0.15) is 17.7 Å². The molecular weight excluding hydrogens is 526 g/mol. The monoisotopic (exact) mass is 577 g/mol. The molecule has 2 aromatic carbocycles. The van der Waals surface area contributed by atoms with Gasteiger partial charge >= 0.3 is 6.09 Å². The fraction of sp³-hybridized carbons (Fsp3) is 0.571. The third-order valence-electron chi connectivity index (χ3n) is 8.20. The van der Waals surface area contributed by atoms with Crippen molar-refractivity contribution < 1.29 is 19.1 Å². The number of nitrogens with zero attached hydrogens (tertiary/aromatic N) is 1. The molecule has 3 rings (SSSR count). The summed E-state index contributed by atoms with van der Waals surface area (Å²) >= 11 is 0. The van der Waals surface area contributed by atoms with E-state index in [1.165, 1.54) is 6.42 Å². The van der Waals surface area contributed by atoms with Gasteiger partial charge in [0.25, 0.3) is 0 Å². The molecule has 0 aliphatic heterocycles. The summed E-state index contributed by atoms with van der Waals surface area (Å²) in [6, 6.07) is 13.9. The third-order valence-corrected chi connectivity index (χ3v) is 8.20. The fourth-order valence-electron chi connectivity index (χ4n) is 5.67. The molecule has 0 saturated heterocycles. The number of ether oxygens (including phenoxy) is 1. The van der Waals surface area contributed by atoms with Crippen molar-refractivity contribution in [1.29, 1.82) is 0 Å². The minimum absolute atomic E-state index is 0.0844. The lowest BCUT2D eigenvalue weighted by Gasteiger charge is -2.45. The quantitative estimate of drug-likeness (QED) is 0.320. The van der Waals surface area contributed by atoms with Gasteiger partial charge in [-0.3, -0.25) is 9.59 Å². The average molecular weight is 578 g/mol. The van der Waals surface area contributed by atoms with Crippen LogP contribution in [-0.2, 0) is 20.7 Å². The van der Waals surface area contributed by atoms with E-state index in [0.29, 0.717) is 6.42 Å². The second kappa shape index (κ2) is 14.2. The molecule has 2 N–H and O–H groups in total. The second-order valence-corrected chi connectivity index (χ2v) is 13.4. The normalized spacial score (nSPS) is 15.8. The van der Waals surface area contributed by atoms with Crippen LogP contribution in [0.3, 0.4) is 0 Å². The molecular formula is C35H51N3O4. The highest BCUT2D eigenvalue weighted by molar-refractivity contribution is 5.93. The van der Waals surface area contributed by atoms with Gasteiger partial charge < -0.3 is 20.3 Å². The maximum atomic E-state index is 14.8. The SMILES string of the molecule is CCC(C)(C)N(C(=O)C(Cc1ccccc1)NC(=O)OC(C)(C)C)C(C(=O)NC1CCCCC1)c1ccc(C)cc1C. The number of amides is 3. The zero-order valence-corrected chi connectivity index (χ0v) is 26.9.